The Balaban J connectivity index is -0.0000000800. The van der Waals surface area contributed by atoms with E-state index < -0.39 is 6.09 Å². The zero-order valence-corrected chi connectivity index (χ0v) is 5.30. The fraction of sp³-hybridized carbons (Fsp3) is 0. The first-order valence-electron chi connectivity index (χ1n) is 0.901. The van der Waals surface area contributed by atoms with E-state index in [1.807, 2.05) is 0 Å². The van der Waals surface area contributed by atoms with Gasteiger partial charge in [0.15, 0.2) is 0 Å². The molecule has 0 aromatic rings. The summed E-state index contributed by atoms with van der Waals surface area (Å²) < 4.78 is 0. The molecule has 0 aliphatic heterocycles. The van der Waals surface area contributed by atoms with E-state index in [-0.39, 0.29) is 31.0 Å². The number of nitrogens with one attached hydrogen (secondary N) is 1. The van der Waals surface area contributed by atoms with Crippen molar-refractivity contribution in [3.63, 3.8) is 0 Å². The molecule has 0 atom stereocenters. The predicted molar refractivity (Wildman–Crippen MR) is 14.1 cm³/mol. The maximum atomic E-state index is 9.01. The molecule has 0 rings (SSSR count). The number of amides is 1. The molecule has 0 bridgehead atoms. The van der Waals surface area contributed by atoms with E-state index in [1.54, 1.807) is 0 Å². The van der Waals surface area contributed by atoms with Crippen LogP contribution >= 0.6 is 0 Å². The van der Waals surface area contributed by atoms with Gasteiger partial charge in [-0.15, -0.1) is 0 Å². The first-order chi connectivity index (χ1) is 2.27. The van der Waals surface area contributed by atoms with Gasteiger partial charge in [0.25, 0.3) is 0 Å². The molecule has 6 heavy (non-hydrogen) atoms. The van der Waals surface area contributed by atoms with Gasteiger partial charge in [0.05, 0.1) is 0 Å². The Morgan fingerprint density at radius 3 is 2.00 bits per heavy atom. The molecule has 0 aliphatic rings. The molecule has 0 spiro atoms. The van der Waals surface area contributed by atoms with Crippen molar-refractivity contribution in [2.75, 3.05) is 0 Å². The van der Waals surface area contributed by atoms with Gasteiger partial charge in [0.1, 0.15) is 0 Å². The molecule has 0 unspecified atom stereocenters. The molecule has 0 saturated heterocycles. The molecule has 0 saturated carbocycles. The topological polar surface area (TPSA) is 69.6 Å². The van der Waals surface area contributed by atoms with Crippen molar-refractivity contribution in [2.24, 2.45) is 0 Å². The number of carboxylic acid groups (broad SMARTS) is 1. The van der Waals surface area contributed by atoms with Crippen LogP contribution < -0.4 is 35.0 Å². The SMILES string of the molecule is O=C(O)NO.[H-].[Na+]. The molecule has 4 nitrogen and oxygen atoms in total. The second kappa shape index (κ2) is 5.23. The minimum Gasteiger partial charge on any atom is -1.00 e. The first kappa shape index (κ1) is 9.52. The normalized spacial score (nSPS) is 5.50. The quantitative estimate of drug-likeness (QED) is 0.170. The van der Waals surface area contributed by atoms with Gasteiger partial charge in [0, 0.05) is 0 Å². The van der Waals surface area contributed by atoms with Crippen LogP contribution in [0.4, 0.5) is 4.79 Å². The number of hydrogen-bond acceptors (Lipinski definition) is 2. The molecule has 32 valence electrons. The molecule has 0 heterocycles. The van der Waals surface area contributed by atoms with Crippen molar-refractivity contribution >= 4 is 6.09 Å². The summed E-state index contributed by atoms with van der Waals surface area (Å²) in [6.45, 7) is 0. The summed E-state index contributed by atoms with van der Waals surface area (Å²) in [5.41, 5.74) is 0.944. The predicted octanol–water partition coefficient (Wildman–Crippen LogP) is -3.24. The first-order valence-corrected chi connectivity index (χ1v) is 0.901. The Bertz CT molecular complexity index is 50.2. The number of hydroxylamine groups is 1. The smallest absolute Gasteiger partial charge is 1.00 e. The summed E-state index contributed by atoms with van der Waals surface area (Å²) >= 11 is 0. The third-order valence-corrected chi connectivity index (χ3v) is 0.0956. The molecule has 3 N–H and O–H groups in total. The Morgan fingerprint density at radius 1 is 1.83 bits per heavy atom. The summed E-state index contributed by atoms with van der Waals surface area (Å²) in [4.78, 5) is 9.01. The molecular weight excluding hydrogens is 97.0 g/mol. The van der Waals surface area contributed by atoms with Gasteiger partial charge in [-0.1, -0.05) is 0 Å². The van der Waals surface area contributed by atoms with Crippen LogP contribution in [0.1, 0.15) is 1.43 Å². The second-order valence-electron chi connectivity index (χ2n) is 0.417. The third-order valence-electron chi connectivity index (χ3n) is 0.0956. The van der Waals surface area contributed by atoms with E-state index in [0.29, 0.717) is 0 Å². The van der Waals surface area contributed by atoms with E-state index in [2.05, 4.69) is 0 Å². The van der Waals surface area contributed by atoms with Crippen LogP contribution in [0.3, 0.4) is 0 Å². The summed E-state index contributed by atoms with van der Waals surface area (Å²) in [6, 6.07) is 0. The van der Waals surface area contributed by atoms with E-state index in [9.17, 15) is 0 Å². The van der Waals surface area contributed by atoms with Gasteiger partial charge in [-0.3, -0.25) is 5.21 Å². The number of rotatable bonds is 0. The minimum atomic E-state index is -1.44. The van der Waals surface area contributed by atoms with Crippen molar-refractivity contribution < 1.29 is 46.1 Å². The van der Waals surface area contributed by atoms with Crippen molar-refractivity contribution in [3.8, 4) is 0 Å². The van der Waals surface area contributed by atoms with Gasteiger partial charge < -0.3 is 6.53 Å². The van der Waals surface area contributed by atoms with E-state index >= 15 is 0 Å². The van der Waals surface area contributed by atoms with E-state index in [0.717, 1.165) is 5.48 Å². The third kappa shape index (κ3) is 8.87. The zero-order chi connectivity index (χ0) is 4.28. The van der Waals surface area contributed by atoms with Crippen molar-refractivity contribution in [3.05, 3.63) is 0 Å². The van der Waals surface area contributed by atoms with Gasteiger partial charge in [-0.05, 0) is 0 Å². The van der Waals surface area contributed by atoms with Crippen LogP contribution in [0.2, 0.25) is 0 Å². The fourth-order valence-electron chi connectivity index (χ4n) is 0. The Hall–Kier alpha value is 0.230. The fourth-order valence-corrected chi connectivity index (χ4v) is 0. The van der Waals surface area contributed by atoms with Crippen LogP contribution in [0.15, 0.2) is 0 Å². The van der Waals surface area contributed by atoms with Crippen LogP contribution in [0.25, 0.3) is 0 Å². The van der Waals surface area contributed by atoms with E-state index in [1.165, 1.54) is 0 Å². The molecule has 5 heteroatoms. The summed E-state index contributed by atoms with van der Waals surface area (Å²) in [7, 11) is 0. The Kier molecular flexibility index (Phi) is 8.30. The van der Waals surface area contributed by atoms with Crippen molar-refractivity contribution in [1.29, 1.82) is 0 Å². The molecule has 0 aromatic heterocycles. The summed E-state index contributed by atoms with van der Waals surface area (Å²) in [6.07, 6.45) is -1.44. The van der Waals surface area contributed by atoms with Crippen molar-refractivity contribution in [1.82, 2.24) is 5.48 Å². The summed E-state index contributed by atoms with van der Waals surface area (Å²) in [5, 5.41) is 14.7. The van der Waals surface area contributed by atoms with Crippen LogP contribution in [0, 0.1) is 0 Å². The standard InChI is InChI=1S/CH3NO3.Na.H/c3-1(4)2-5;;/h2,5H,(H,3,4);;/q;+1;-1. The molecule has 0 aromatic carbocycles. The molecule has 0 aliphatic carbocycles. The van der Waals surface area contributed by atoms with Crippen LogP contribution in [0.5, 0.6) is 0 Å². The monoisotopic (exact) mass is 101 g/mol. The van der Waals surface area contributed by atoms with E-state index in [4.69, 9.17) is 15.1 Å². The van der Waals surface area contributed by atoms with Crippen LogP contribution in [-0.2, 0) is 0 Å². The maximum Gasteiger partial charge on any atom is 1.00 e. The molecule has 1 amide bonds. The second-order valence-corrected chi connectivity index (χ2v) is 0.417. The van der Waals surface area contributed by atoms with Gasteiger partial charge in [0.2, 0.25) is 0 Å². The average molecular weight is 101 g/mol. The molecule has 0 fully saturated rings. The van der Waals surface area contributed by atoms with Gasteiger partial charge in [-0.2, -0.15) is 0 Å². The average Bonchev–Trinajstić information content (AvgIpc) is 1.38. The van der Waals surface area contributed by atoms with Crippen molar-refractivity contribution in [2.45, 2.75) is 0 Å². The van der Waals surface area contributed by atoms with Gasteiger partial charge in [-0.25, -0.2) is 10.3 Å². The molecular formula is CH4NNaO3. The van der Waals surface area contributed by atoms with Gasteiger partial charge >= 0.3 is 35.7 Å². The van der Waals surface area contributed by atoms with Crippen LogP contribution in [-0.4, -0.2) is 16.4 Å². The Labute approximate surface area is 57.9 Å². The minimum absolute atomic E-state index is 0. The number of carbonyl (C=O) groups is 1. The Morgan fingerprint density at radius 2 is 2.00 bits per heavy atom. The number of hydrogen-bond donors (Lipinski definition) is 3. The maximum absolute atomic E-state index is 9.01. The molecule has 0 radical (unpaired) electrons. The largest absolute Gasteiger partial charge is 1.00 e. The summed E-state index contributed by atoms with van der Waals surface area (Å²) in [5.74, 6) is 0. The zero-order valence-electron chi connectivity index (χ0n) is 4.30.